The number of piperazine rings is 1. The Morgan fingerprint density at radius 3 is 2.11 bits per heavy atom. The van der Waals surface area contributed by atoms with Crippen LogP contribution in [0.5, 0.6) is 5.75 Å². The third-order valence-corrected chi connectivity index (χ3v) is 6.40. The Kier molecular flexibility index (Phi) is 5.61. The van der Waals surface area contributed by atoms with E-state index in [1.165, 1.54) is 40.6 Å². The molecule has 0 saturated carbocycles. The van der Waals surface area contributed by atoms with Crippen LogP contribution in [0, 0.1) is 17.5 Å². The van der Waals surface area contributed by atoms with Gasteiger partial charge in [0, 0.05) is 26.2 Å². The summed E-state index contributed by atoms with van der Waals surface area (Å²) in [5.74, 6) is -4.96. The van der Waals surface area contributed by atoms with Crippen molar-refractivity contribution in [2.24, 2.45) is 0 Å². The van der Waals surface area contributed by atoms with E-state index in [9.17, 15) is 26.4 Å². The van der Waals surface area contributed by atoms with E-state index in [0.717, 1.165) is 6.07 Å². The number of hydrogen-bond acceptors (Lipinski definition) is 4. The van der Waals surface area contributed by atoms with Crippen LogP contribution in [0.4, 0.5) is 13.2 Å². The molecule has 1 amide bonds. The van der Waals surface area contributed by atoms with Crippen LogP contribution in [0.2, 0.25) is 0 Å². The summed E-state index contributed by atoms with van der Waals surface area (Å²) >= 11 is 0. The van der Waals surface area contributed by atoms with Crippen molar-refractivity contribution in [2.45, 2.75) is 4.90 Å². The van der Waals surface area contributed by atoms with Crippen LogP contribution in [-0.4, -0.2) is 56.8 Å². The number of amides is 1. The number of halogens is 3. The van der Waals surface area contributed by atoms with Crippen LogP contribution in [0.15, 0.2) is 41.3 Å². The molecule has 1 saturated heterocycles. The highest BCUT2D eigenvalue weighted by atomic mass is 32.2. The normalized spacial score (nSPS) is 15.5. The second-order valence-electron chi connectivity index (χ2n) is 6.09. The molecule has 0 radical (unpaired) electrons. The van der Waals surface area contributed by atoms with Crippen LogP contribution >= 0.6 is 0 Å². The lowest BCUT2D eigenvalue weighted by molar-refractivity contribution is 0.0691. The fourth-order valence-electron chi connectivity index (χ4n) is 2.89. The summed E-state index contributed by atoms with van der Waals surface area (Å²) in [6.45, 7) is -0.0316. The maximum atomic E-state index is 13.8. The number of sulfonamides is 1. The molecule has 28 heavy (non-hydrogen) atoms. The van der Waals surface area contributed by atoms with Crippen molar-refractivity contribution < 1.29 is 31.1 Å². The Labute approximate surface area is 160 Å². The van der Waals surface area contributed by atoms with Crippen molar-refractivity contribution in [3.8, 4) is 5.75 Å². The van der Waals surface area contributed by atoms with Crippen LogP contribution in [0.25, 0.3) is 0 Å². The fourth-order valence-corrected chi connectivity index (χ4v) is 4.31. The van der Waals surface area contributed by atoms with Gasteiger partial charge in [-0.2, -0.15) is 4.31 Å². The molecule has 0 spiro atoms. The van der Waals surface area contributed by atoms with Gasteiger partial charge in [0.15, 0.2) is 17.5 Å². The SMILES string of the molecule is COc1ccc(S(=O)(=O)N2CCN(C(=O)c3ccc(F)c(F)c3F)CC2)cc1. The van der Waals surface area contributed by atoms with Gasteiger partial charge in [0.1, 0.15) is 5.75 Å². The van der Waals surface area contributed by atoms with Crippen molar-refractivity contribution in [3.63, 3.8) is 0 Å². The average molecular weight is 414 g/mol. The molecule has 0 atom stereocenters. The largest absolute Gasteiger partial charge is 0.497 e. The average Bonchev–Trinajstić information content (AvgIpc) is 2.72. The van der Waals surface area contributed by atoms with Gasteiger partial charge in [-0.1, -0.05) is 0 Å². The van der Waals surface area contributed by atoms with Crippen LogP contribution < -0.4 is 4.74 Å². The number of carbonyl (C=O) groups excluding carboxylic acids is 1. The van der Waals surface area contributed by atoms with Crippen LogP contribution in [0.1, 0.15) is 10.4 Å². The van der Waals surface area contributed by atoms with E-state index in [1.807, 2.05) is 0 Å². The molecular weight excluding hydrogens is 397 g/mol. The van der Waals surface area contributed by atoms with Crippen molar-refractivity contribution in [2.75, 3.05) is 33.3 Å². The van der Waals surface area contributed by atoms with Gasteiger partial charge in [-0.3, -0.25) is 4.79 Å². The lowest BCUT2D eigenvalue weighted by Crippen LogP contribution is -2.50. The molecule has 0 N–H and O–H groups in total. The van der Waals surface area contributed by atoms with E-state index in [-0.39, 0.29) is 31.1 Å². The van der Waals surface area contributed by atoms with Gasteiger partial charge in [0.05, 0.1) is 17.6 Å². The zero-order valence-corrected chi connectivity index (χ0v) is 15.7. The molecule has 3 rings (SSSR count). The van der Waals surface area contributed by atoms with Gasteiger partial charge < -0.3 is 9.64 Å². The zero-order valence-electron chi connectivity index (χ0n) is 14.9. The van der Waals surface area contributed by atoms with Gasteiger partial charge >= 0.3 is 0 Å². The summed E-state index contributed by atoms with van der Waals surface area (Å²) in [5, 5.41) is 0. The highest BCUT2D eigenvalue weighted by molar-refractivity contribution is 7.89. The maximum absolute atomic E-state index is 13.8. The lowest BCUT2D eigenvalue weighted by atomic mass is 10.1. The van der Waals surface area contributed by atoms with E-state index in [0.29, 0.717) is 11.8 Å². The molecule has 0 bridgehead atoms. The topological polar surface area (TPSA) is 66.9 Å². The lowest BCUT2D eigenvalue weighted by Gasteiger charge is -2.34. The molecule has 150 valence electrons. The van der Waals surface area contributed by atoms with E-state index in [4.69, 9.17) is 4.74 Å². The van der Waals surface area contributed by atoms with Gasteiger partial charge in [-0.05, 0) is 36.4 Å². The van der Waals surface area contributed by atoms with Gasteiger partial charge in [-0.25, -0.2) is 21.6 Å². The first-order chi connectivity index (χ1) is 13.3. The number of methoxy groups -OCH3 is 1. The quantitative estimate of drug-likeness (QED) is 0.720. The summed E-state index contributed by atoms with van der Waals surface area (Å²) < 4.78 is 71.8. The van der Waals surface area contributed by atoms with Crippen LogP contribution in [0.3, 0.4) is 0 Å². The molecule has 1 aliphatic heterocycles. The maximum Gasteiger partial charge on any atom is 0.257 e. The van der Waals surface area contributed by atoms with Gasteiger partial charge in [0.2, 0.25) is 10.0 Å². The Morgan fingerprint density at radius 1 is 0.929 bits per heavy atom. The van der Waals surface area contributed by atoms with Crippen molar-refractivity contribution in [1.29, 1.82) is 0 Å². The third-order valence-electron chi connectivity index (χ3n) is 4.49. The Morgan fingerprint density at radius 2 is 1.54 bits per heavy atom. The number of nitrogens with zero attached hydrogens (tertiary/aromatic N) is 2. The number of carbonyl (C=O) groups is 1. The molecule has 1 heterocycles. The number of ether oxygens (including phenoxy) is 1. The Hall–Kier alpha value is -2.59. The van der Waals surface area contributed by atoms with Crippen molar-refractivity contribution in [3.05, 3.63) is 59.4 Å². The number of rotatable bonds is 4. The first-order valence-electron chi connectivity index (χ1n) is 8.32. The number of benzene rings is 2. The molecule has 0 aromatic heterocycles. The third kappa shape index (κ3) is 3.69. The summed E-state index contributed by atoms with van der Waals surface area (Å²) in [6, 6.07) is 7.44. The van der Waals surface area contributed by atoms with Gasteiger partial charge in [0.25, 0.3) is 5.91 Å². The monoisotopic (exact) mass is 414 g/mol. The van der Waals surface area contributed by atoms with E-state index in [2.05, 4.69) is 0 Å². The minimum Gasteiger partial charge on any atom is -0.497 e. The molecule has 0 unspecified atom stereocenters. The van der Waals surface area contributed by atoms with Crippen molar-refractivity contribution >= 4 is 15.9 Å². The van der Waals surface area contributed by atoms with Crippen LogP contribution in [-0.2, 0) is 10.0 Å². The molecule has 0 aliphatic carbocycles. The first-order valence-corrected chi connectivity index (χ1v) is 9.76. The highest BCUT2D eigenvalue weighted by Gasteiger charge is 2.31. The Balaban J connectivity index is 1.71. The fraction of sp³-hybridized carbons (Fsp3) is 0.278. The predicted octanol–water partition coefficient (Wildman–Crippen LogP) is 2.26. The smallest absolute Gasteiger partial charge is 0.257 e. The van der Waals surface area contributed by atoms with E-state index >= 15 is 0 Å². The van der Waals surface area contributed by atoms with E-state index < -0.39 is 38.9 Å². The standard InChI is InChI=1S/C18H17F3N2O4S/c1-27-12-2-4-13(5-3-12)28(25,26)23-10-8-22(9-11-23)18(24)14-6-7-15(19)17(21)16(14)20/h2-7H,8-11H2,1H3. The molecule has 2 aromatic rings. The molecule has 2 aromatic carbocycles. The molecule has 1 fully saturated rings. The molecule has 1 aliphatic rings. The predicted molar refractivity (Wildman–Crippen MR) is 94.0 cm³/mol. The van der Waals surface area contributed by atoms with Crippen molar-refractivity contribution in [1.82, 2.24) is 9.21 Å². The minimum atomic E-state index is -3.77. The zero-order chi connectivity index (χ0) is 20.5. The Bertz CT molecular complexity index is 989. The first kappa shape index (κ1) is 20.2. The molecule has 6 nitrogen and oxygen atoms in total. The summed E-state index contributed by atoms with van der Waals surface area (Å²) in [6.07, 6.45) is 0. The summed E-state index contributed by atoms with van der Waals surface area (Å²) in [5.41, 5.74) is -0.592. The van der Waals surface area contributed by atoms with Gasteiger partial charge in [-0.15, -0.1) is 0 Å². The molecular formula is C18H17F3N2O4S. The minimum absolute atomic E-state index is 0.00729. The summed E-state index contributed by atoms with van der Waals surface area (Å²) in [7, 11) is -2.30. The number of hydrogen-bond donors (Lipinski definition) is 0. The highest BCUT2D eigenvalue weighted by Crippen LogP contribution is 2.22. The molecule has 10 heteroatoms. The second-order valence-corrected chi connectivity index (χ2v) is 8.03. The summed E-state index contributed by atoms with van der Waals surface area (Å²) in [4.78, 5) is 13.7. The van der Waals surface area contributed by atoms with E-state index in [1.54, 1.807) is 0 Å². The second kappa shape index (κ2) is 7.80.